The molecule has 2 heterocycles. The highest BCUT2D eigenvalue weighted by atomic mass is 32.2. The number of thioether (sulfide) groups is 1. The Balaban J connectivity index is 1.56. The smallest absolute Gasteiger partial charge is 0.338 e. The summed E-state index contributed by atoms with van der Waals surface area (Å²) >= 11 is 1.29. The third-order valence-electron chi connectivity index (χ3n) is 6.42. The van der Waals surface area contributed by atoms with Crippen molar-refractivity contribution < 1.29 is 14.3 Å². The molecule has 39 heavy (non-hydrogen) atoms. The fourth-order valence-electron chi connectivity index (χ4n) is 4.49. The predicted molar refractivity (Wildman–Crippen MR) is 152 cm³/mol. The quantitative estimate of drug-likeness (QED) is 0.191. The van der Waals surface area contributed by atoms with Crippen LogP contribution in [0.25, 0.3) is 10.9 Å². The van der Waals surface area contributed by atoms with Crippen molar-refractivity contribution >= 4 is 34.7 Å². The Kier molecular flexibility index (Phi) is 7.79. The predicted octanol–water partition coefficient (Wildman–Crippen LogP) is 4.72. The second-order valence-corrected chi connectivity index (χ2v) is 10.1. The number of hydrogen-bond donors (Lipinski definition) is 2. The van der Waals surface area contributed by atoms with E-state index in [0.717, 1.165) is 16.7 Å². The van der Waals surface area contributed by atoms with Gasteiger partial charge in [-0.2, -0.15) is 0 Å². The zero-order valence-electron chi connectivity index (χ0n) is 21.6. The number of hydrogen-bond acceptors (Lipinski definition) is 6. The number of nitrogens with zero attached hydrogens (tertiary/aromatic N) is 2. The highest BCUT2D eigenvalue weighted by Gasteiger charge is 2.33. The molecule has 0 aliphatic carbocycles. The minimum atomic E-state index is -0.672. The topological polar surface area (TPSA) is 102 Å². The zero-order chi connectivity index (χ0) is 27.4. The van der Waals surface area contributed by atoms with Gasteiger partial charge in [-0.25, -0.2) is 14.6 Å². The lowest BCUT2D eigenvalue weighted by Crippen LogP contribution is -2.46. The number of para-hydroxylation sites is 1. The Morgan fingerprint density at radius 3 is 2.46 bits per heavy atom. The number of aryl methyl sites for hydroxylation is 1. The molecule has 1 aromatic heterocycles. The van der Waals surface area contributed by atoms with Gasteiger partial charge >= 0.3 is 12.0 Å². The van der Waals surface area contributed by atoms with E-state index in [0.29, 0.717) is 33.9 Å². The molecule has 4 aromatic rings. The fourth-order valence-corrected chi connectivity index (χ4v) is 5.45. The summed E-state index contributed by atoms with van der Waals surface area (Å²) in [5.41, 5.74) is 4.03. The van der Waals surface area contributed by atoms with E-state index in [-0.39, 0.29) is 17.9 Å². The molecule has 2 amide bonds. The average Bonchev–Trinajstić information content (AvgIpc) is 2.95. The third kappa shape index (κ3) is 5.73. The van der Waals surface area contributed by atoms with Crippen LogP contribution >= 0.6 is 11.8 Å². The molecular formula is C30H28N4O4S. The highest BCUT2D eigenvalue weighted by Crippen LogP contribution is 2.30. The summed E-state index contributed by atoms with van der Waals surface area (Å²) < 4.78 is 7.01. The number of urea groups is 1. The third-order valence-corrected chi connectivity index (χ3v) is 7.42. The lowest BCUT2D eigenvalue weighted by atomic mass is 9.95. The summed E-state index contributed by atoms with van der Waals surface area (Å²) in [5.74, 6) is -0.318. The number of carbonyl (C=O) groups is 2. The van der Waals surface area contributed by atoms with Gasteiger partial charge in [-0.05, 0) is 37.1 Å². The first-order valence-corrected chi connectivity index (χ1v) is 13.6. The number of esters is 1. The molecule has 1 atom stereocenters. The Hall–Kier alpha value is -4.37. The van der Waals surface area contributed by atoms with Crippen molar-refractivity contribution in [3.05, 3.63) is 117 Å². The molecule has 0 saturated carbocycles. The second-order valence-electron chi connectivity index (χ2n) is 9.13. The summed E-state index contributed by atoms with van der Waals surface area (Å²) in [7, 11) is 0. The first kappa shape index (κ1) is 26.2. The number of fused-ring (bicyclic) bond motifs is 1. The molecule has 198 valence electrons. The van der Waals surface area contributed by atoms with Gasteiger partial charge in [-0.15, -0.1) is 0 Å². The van der Waals surface area contributed by atoms with Gasteiger partial charge in [-0.3, -0.25) is 9.36 Å². The van der Waals surface area contributed by atoms with E-state index in [9.17, 15) is 14.4 Å². The summed E-state index contributed by atoms with van der Waals surface area (Å²) in [5, 5.41) is 6.65. The minimum Gasteiger partial charge on any atom is -0.463 e. The fraction of sp³-hybridized carbons (Fsp3) is 0.200. The standard InChI is InChI=1S/C30H28N4O4S/c1-3-38-28(36)25-24(31-29(37)33-26(25)21-9-5-4-6-10-21)18-39-30-32-23-12-8-7-11-22(23)27(35)34(30)17-20-15-13-19(2)14-16-20/h4-16,26H,3,17-18H2,1-2H3,(H2,31,33,37). The Bertz CT molecular complexity index is 1610. The summed E-state index contributed by atoms with van der Waals surface area (Å²) in [6.07, 6.45) is 0. The maximum absolute atomic E-state index is 13.6. The lowest BCUT2D eigenvalue weighted by Gasteiger charge is -2.29. The normalized spacial score (nSPS) is 15.1. The number of ether oxygens (including phenoxy) is 1. The van der Waals surface area contributed by atoms with Crippen LogP contribution in [0, 0.1) is 6.92 Å². The van der Waals surface area contributed by atoms with Crippen LogP contribution < -0.4 is 16.2 Å². The number of nitrogens with one attached hydrogen (secondary N) is 2. The highest BCUT2D eigenvalue weighted by molar-refractivity contribution is 7.99. The average molecular weight is 541 g/mol. The van der Waals surface area contributed by atoms with Crippen molar-refractivity contribution in [3.63, 3.8) is 0 Å². The van der Waals surface area contributed by atoms with E-state index < -0.39 is 18.0 Å². The monoisotopic (exact) mass is 540 g/mol. The molecular weight excluding hydrogens is 512 g/mol. The summed E-state index contributed by atoms with van der Waals surface area (Å²) in [6.45, 7) is 4.28. The van der Waals surface area contributed by atoms with Gasteiger partial charge in [0.05, 0.1) is 35.7 Å². The van der Waals surface area contributed by atoms with Crippen molar-refractivity contribution in [2.24, 2.45) is 0 Å². The van der Waals surface area contributed by atoms with Crippen molar-refractivity contribution in [2.75, 3.05) is 12.4 Å². The zero-order valence-corrected chi connectivity index (χ0v) is 22.5. The van der Waals surface area contributed by atoms with E-state index in [1.165, 1.54) is 11.8 Å². The number of rotatable bonds is 8. The molecule has 5 rings (SSSR count). The van der Waals surface area contributed by atoms with E-state index in [4.69, 9.17) is 9.72 Å². The van der Waals surface area contributed by atoms with Crippen LogP contribution in [0.15, 0.2) is 100 Å². The molecule has 8 nitrogen and oxygen atoms in total. The molecule has 0 spiro atoms. The molecule has 3 aromatic carbocycles. The first-order chi connectivity index (χ1) is 18.9. The number of amides is 2. The van der Waals surface area contributed by atoms with Gasteiger partial charge in [0.15, 0.2) is 5.16 Å². The van der Waals surface area contributed by atoms with Crippen LogP contribution in [0.1, 0.15) is 29.7 Å². The molecule has 2 N–H and O–H groups in total. The first-order valence-electron chi connectivity index (χ1n) is 12.6. The summed E-state index contributed by atoms with van der Waals surface area (Å²) in [6, 6.07) is 23.4. The van der Waals surface area contributed by atoms with Crippen LogP contribution in [0.3, 0.4) is 0 Å². The van der Waals surface area contributed by atoms with Gasteiger partial charge < -0.3 is 15.4 Å². The van der Waals surface area contributed by atoms with Crippen LogP contribution in [-0.2, 0) is 16.1 Å². The molecule has 1 unspecified atom stereocenters. The molecule has 0 saturated heterocycles. The van der Waals surface area contributed by atoms with Gasteiger partial charge in [0, 0.05) is 11.4 Å². The molecule has 0 radical (unpaired) electrons. The van der Waals surface area contributed by atoms with Gasteiger partial charge in [0.2, 0.25) is 0 Å². The van der Waals surface area contributed by atoms with Gasteiger partial charge in [-0.1, -0.05) is 84.1 Å². The van der Waals surface area contributed by atoms with Crippen molar-refractivity contribution in [2.45, 2.75) is 31.6 Å². The number of benzene rings is 3. The molecule has 1 aliphatic heterocycles. The molecule has 0 fully saturated rings. The molecule has 1 aliphatic rings. The maximum atomic E-state index is 13.6. The van der Waals surface area contributed by atoms with E-state index in [1.807, 2.05) is 73.7 Å². The summed E-state index contributed by atoms with van der Waals surface area (Å²) in [4.78, 5) is 44.2. The molecule has 0 bridgehead atoms. The lowest BCUT2D eigenvalue weighted by molar-refractivity contribution is -0.139. The van der Waals surface area contributed by atoms with E-state index in [1.54, 1.807) is 23.6 Å². The van der Waals surface area contributed by atoms with Gasteiger partial charge in [0.25, 0.3) is 5.56 Å². The van der Waals surface area contributed by atoms with Crippen molar-refractivity contribution in [3.8, 4) is 0 Å². The van der Waals surface area contributed by atoms with Crippen LogP contribution in [0.5, 0.6) is 0 Å². The number of aromatic nitrogens is 2. The SMILES string of the molecule is CCOC(=O)C1=C(CSc2nc3ccccc3c(=O)n2Cc2ccc(C)cc2)NC(=O)NC1c1ccccc1. The Morgan fingerprint density at radius 2 is 1.72 bits per heavy atom. The maximum Gasteiger partial charge on any atom is 0.338 e. The van der Waals surface area contributed by atoms with Crippen LogP contribution in [-0.4, -0.2) is 33.9 Å². The Labute approximate surface area is 230 Å². The van der Waals surface area contributed by atoms with Crippen molar-refractivity contribution in [1.29, 1.82) is 0 Å². The van der Waals surface area contributed by atoms with Gasteiger partial charge in [0.1, 0.15) is 0 Å². The molecule has 9 heteroatoms. The van der Waals surface area contributed by atoms with E-state index >= 15 is 0 Å². The van der Waals surface area contributed by atoms with Crippen LogP contribution in [0.2, 0.25) is 0 Å². The van der Waals surface area contributed by atoms with E-state index in [2.05, 4.69) is 10.6 Å². The van der Waals surface area contributed by atoms with Crippen molar-refractivity contribution in [1.82, 2.24) is 20.2 Å². The second kappa shape index (κ2) is 11.6. The Morgan fingerprint density at radius 1 is 1.00 bits per heavy atom. The minimum absolute atomic E-state index is 0.153. The van der Waals surface area contributed by atoms with Crippen LogP contribution in [0.4, 0.5) is 4.79 Å². The largest absolute Gasteiger partial charge is 0.463 e. The number of carbonyl (C=O) groups excluding carboxylic acids is 2.